The van der Waals surface area contributed by atoms with Gasteiger partial charge in [-0.3, -0.25) is 0 Å². The van der Waals surface area contributed by atoms with Gasteiger partial charge in [-0.25, -0.2) is 8.42 Å². The van der Waals surface area contributed by atoms with E-state index < -0.39 is 9.84 Å². The van der Waals surface area contributed by atoms with Gasteiger partial charge in [0.05, 0.1) is 17.2 Å². The summed E-state index contributed by atoms with van der Waals surface area (Å²) in [5.74, 6) is 0.415. The zero-order chi connectivity index (χ0) is 19.4. The number of hydrogen-bond acceptors (Lipinski definition) is 4. The Morgan fingerprint density at radius 1 is 1.15 bits per heavy atom. The van der Waals surface area contributed by atoms with E-state index in [0.717, 1.165) is 10.0 Å². The molecule has 0 radical (unpaired) electrons. The third-order valence-corrected chi connectivity index (χ3v) is 7.65. The van der Waals surface area contributed by atoms with Gasteiger partial charge in [0.1, 0.15) is 9.84 Å². The summed E-state index contributed by atoms with van der Waals surface area (Å²) in [7, 11) is -2.94. The quantitative estimate of drug-likeness (QED) is 0.399. The lowest BCUT2D eigenvalue weighted by Crippen LogP contribution is -2.29. The summed E-state index contributed by atoms with van der Waals surface area (Å²) in [5, 5.41) is 13.3. The van der Waals surface area contributed by atoms with Crippen LogP contribution in [0, 0.1) is 12.8 Å². The Labute approximate surface area is 169 Å². The summed E-state index contributed by atoms with van der Waals surface area (Å²) in [6, 6.07) is 16.4. The minimum atomic E-state index is -2.94. The van der Waals surface area contributed by atoms with E-state index in [0.29, 0.717) is 25.0 Å². The Morgan fingerprint density at radius 2 is 1.78 bits per heavy atom. The summed E-state index contributed by atoms with van der Waals surface area (Å²) in [4.78, 5) is 0. The van der Waals surface area contributed by atoms with Crippen LogP contribution in [0.1, 0.15) is 41.9 Å². The predicted molar refractivity (Wildman–Crippen MR) is 112 cm³/mol. The summed E-state index contributed by atoms with van der Waals surface area (Å²) in [6.07, 6.45) is 1.64. The van der Waals surface area contributed by atoms with E-state index in [9.17, 15) is 13.6 Å². The minimum Gasteiger partial charge on any atom is -0.411 e. The molecule has 1 saturated heterocycles. The fraction of sp³-hybridized carbons (Fsp3) is 0.381. The molecular weight excluding hydrogens is 426 g/mol. The van der Waals surface area contributed by atoms with E-state index in [1.165, 1.54) is 11.1 Å². The van der Waals surface area contributed by atoms with Crippen LogP contribution in [0.25, 0.3) is 0 Å². The maximum absolute atomic E-state index is 11.7. The second-order valence-electron chi connectivity index (χ2n) is 7.18. The molecule has 1 fully saturated rings. The molecule has 0 aliphatic carbocycles. The van der Waals surface area contributed by atoms with Crippen molar-refractivity contribution in [1.29, 1.82) is 0 Å². The molecule has 1 heterocycles. The van der Waals surface area contributed by atoms with Gasteiger partial charge in [-0.1, -0.05) is 57.5 Å². The number of halogens is 1. The lowest BCUT2D eigenvalue weighted by Gasteiger charge is -2.26. The van der Waals surface area contributed by atoms with E-state index in [2.05, 4.69) is 52.3 Å². The van der Waals surface area contributed by atoms with E-state index in [1.807, 2.05) is 24.3 Å². The van der Waals surface area contributed by atoms with Crippen LogP contribution in [0.3, 0.4) is 0 Å². The monoisotopic (exact) mass is 449 g/mol. The average molecular weight is 450 g/mol. The van der Waals surface area contributed by atoms with Gasteiger partial charge in [0.15, 0.2) is 0 Å². The first kappa shape index (κ1) is 20.1. The van der Waals surface area contributed by atoms with Crippen molar-refractivity contribution < 1.29 is 13.6 Å². The average Bonchev–Trinajstić information content (AvgIpc) is 2.65. The van der Waals surface area contributed by atoms with Crippen molar-refractivity contribution in [3.05, 3.63) is 69.7 Å². The predicted octanol–water partition coefficient (Wildman–Crippen LogP) is 4.93. The number of rotatable bonds is 5. The van der Waals surface area contributed by atoms with Crippen molar-refractivity contribution in [2.24, 2.45) is 11.1 Å². The van der Waals surface area contributed by atoms with E-state index in [-0.39, 0.29) is 23.3 Å². The van der Waals surface area contributed by atoms with E-state index >= 15 is 0 Å². The molecule has 27 heavy (non-hydrogen) atoms. The first-order valence-electron chi connectivity index (χ1n) is 9.12. The molecule has 2 aromatic carbocycles. The largest absolute Gasteiger partial charge is 0.411 e. The first-order chi connectivity index (χ1) is 12.9. The number of hydrogen-bond donors (Lipinski definition) is 1. The van der Waals surface area contributed by atoms with Gasteiger partial charge < -0.3 is 5.21 Å². The Bertz CT molecular complexity index is 909. The molecule has 2 aromatic rings. The Morgan fingerprint density at radius 3 is 2.37 bits per heavy atom. The molecule has 1 aliphatic rings. The Kier molecular flexibility index (Phi) is 6.37. The van der Waals surface area contributed by atoms with Crippen LogP contribution in [0.4, 0.5) is 0 Å². The van der Waals surface area contributed by atoms with Gasteiger partial charge in [0.2, 0.25) is 0 Å². The molecule has 0 aromatic heterocycles. The van der Waals surface area contributed by atoms with Gasteiger partial charge in [0, 0.05) is 22.7 Å². The zero-order valence-corrected chi connectivity index (χ0v) is 17.7. The first-order valence-corrected chi connectivity index (χ1v) is 11.7. The molecular formula is C21H24BrNO3S. The molecule has 4 nitrogen and oxygen atoms in total. The SMILES string of the molecule is Cc1ccccc1C(CC(=NO)C1CCS(=O)(=O)CC1)c1ccc(Br)cc1. The maximum Gasteiger partial charge on any atom is 0.150 e. The van der Waals surface area contributed by atoms with Crippen LogP contribution in [-0.2, 0) is 9.84 Å². The van der Waals surface area contributed by atoms with Crippen molar-refractivity contribution in [2.45, 2.75) is 32.1 Å². The highest BCUT2D eigenvalue weighted by Gasteiger charge is 2.30. The smallest absolute Gasteiger partial charge is 0.150 e. The van der Waals surface area contributed by atoms with Crippen LogP contribution in [0.5, 0.6) is 0 Å². The number of sulfone groups is 1. The van der Waals surface area contributed by atoms with E-state index in [1.54, 1.807) is 0 Å². The summed E-state index contributed by atoms with van der Waals surface area (Å²) in [5.41, 5.74) is 4.23. The van der Waals surface area contributed by atoms with Crippen LogP contribution in [0.2, 0.25) is 0 Å². The molecule has 0 saturated carbocycles. The normalized spacial score (nSPS) is 19.0. The molecule has 0 amide bonds. The third-order valence-electron chi connectivity index (χ3n) is 5.40. The van der Waals surface area contributed by atoms with Crippen LogP contribution in [0.15, 0.2) is 58.2 Å². The van der Waals surface area contributed by atoms with Crippen LogP contribution >= 0.6 is 15.9 Å². The zero-order valence-electron chi connectivity index (χ0n) is 15.3. The standard InChI is InChI=1S/C21H24BrNO3S/c1-15-4-2-3-5-19(15)20(16-6-8-18(22)9-7-16)14-21(23-24)17-10-12-27(25,26)13-11-17/h2-9,17,20,24H,10-14H2,1H3. The third kappa shape index (κ3) is 4.99. The lowest BCUT2D eigenvalue weighted by molar-refractivity contribution is 0.311. The van der Waals surface area contributed by atoms with Gasteiger partial charge in [-0.05, 0) is 48.6 Å². The maximum atomic E-state index is 11.7. The Hall–Kier alpha value is -1.66. The van der Waals surface area contributed by atoms with Crippen molar-refractivity contribution in [1.82, 2.24) is 0 Å². The second-order valence-corrected chi connectivity index (χ2v) is 10.4. The molecule has 1 N–H and O–H groups in total. The van der Waals surface area contributed by atoms with Crippen molar-refractivity contribution in [3.8, 4) is 0 Å². The van der Waals surface area contributed by atoms with Crippen molar-refractivity contribution >= 4 is 31.5 Å². The van der Waals surface area contributed by atoms with Gasteiger partial charge in [-0.2, -0.15) is 0 Å². The molecule has 144 valence electrons. The van der Waals surface area contributed by atoms with Gasteiger partial charge >= 0.3 is 0 Å². The van der Waals surface area contributed by atoms with Gasteiger partial charge in [0.25, 0.3) is 0 Å². The summed E-state index contributed by atoms with van der Waals surface area (Å²) < 4.78 is 24.5. The van der Waals surface area contributed by atoms with E-state index in [4.69, 9.17) is 0 Å². The minimum absolute atomic E-state index is 0.0143. The molecule has 1 atom stereocenters. The molecule has 6 heteroatoms. The second kappa shape index (κ2) is 8.57. The number of oxime groups is 1. The van der Waals surface area contributed by atoms with Crippen molar-refractivity contribution in [2.75, 3.05) is 11.5 Å². The van der Waals surface area contributed by atoms with Gasteiger partial charge in [-0.15, -0.1) is 0 Å². The van der Waals surface area contributed by atoms with Crippen LogP contribution in [-0.4, -0.2) is 30.8 Å². The van der Waals surface area contributed by atoms with Crippen LogP contribution < -0.4 is 0 Å². The highest BCUT2D eigenvalue weighted by Crippen LogP contribution is 2.34. The molecule has 0 spiro atoms. The fourth-order valence-corrected chi connectivity index (χ4v) is 5.56. The number of benzene rings is 2. The highest BCUT2D eigenvalue weighted by atomic mass is 79.9. The fourth-order valence-electron chi connectivity index (χ4n) is 3.80. The molecule has 3 rings (SSSR count). The molecule has 1 unspecified atom stereocenters. The summed E-state index contributed by atoms with van der Waals surface area (Å²) >= 11 is 3.48. The summed E-state index contributed by atoms with van der Waals surface area (Å²) in [6.45, 7) is 2.09. The molecule has 0 bridgehead atoms. The highest BCUT2D eigenvalue weighted by molar-refractivity contribution is 9.10. The topological polar surface area (TPSA) is 66.7 Å². The van der Waals surface area contributed by atoms with Crippen molar-refractivity contribution in [3.63, 3.8) is 0 Å². The molecule has 1 aliphatic heterocycles. The lowest BCUT2D eigenvalue weighted by atomic mass is 9.81. The Balaban J connectivity index is 1.91. The number of nitrogens with zero attached hydrogens (tertiary/aromatic N) is 1. The number of aryl methyl sites for hydroxylation is 1.